The van der Waals surface area contributed by atoms with Crippen molar-refractivity contribution in [2.45, 2.75) is 19.4 Å². The highest BCUT2D eigenvalue weighted by Gasteiger charge is 2.17. The number of esters is 1. The summed E-state index contributed by atoms with van der Waals surface area (Å²) in [7, 11) is 3.17. The van der Waals surface area contributed by atoms with Crippen LogP contribution in [0.4, 0.5) is 5.69 Å². The van der Waals surface area contributed by atoms with E-state index < -0.39 is 4.92 Å². The second kappa shape index (κ2) is 7.81. The van der Waals surface area contributed by atoms with Gasteiger partial charge in [0, 0.05) is 19.0 Å². The van der Waals surface area contributed by atoms with E-state index in [4.69, 9.17) is 11.6 Å². The van der Waals surface area contributed by atoms with E-state index >= 15 is 0 Å². The fourth-order valence-corrected chi connectivity index (χ4v) is 2.05. The van der Waals surface area contributed by atoms with E-state index in [1.165, 1.54) is 13.2 Å². The minimum Gasteiger partial charge on any atom is -0.469 e. The van der Waals surface area contributed by atoms with Gasteiger partial charge < -0.3 is 9.64 Å². The average Bonchev–Trinajstić information content (AvgIpc) is 2.40. The smallest absolute Gasteiger partial charge is 0.305 e. The van der Waals surface area contributed by atoms with Gasteiger partial charge in [0.05, 0.1) is 22.6 Å². The molecule has 0 heterocycles. The van der Waals surface area contributed by atoms with Crippen molar-refractivity contribution in [2.24, 2.45) is 0 Å². The first-order chi connectivity index (χ1) is 9.45. The number of nitrogens with zero attached hydrogens (tertiary/aromatic N) is 2. The lowest BCUT2D eigenvalue weighted by Gasteiger charge is -2.17. The Hall–Kier alpha value is -1.66. The lowest BCUT2D eigenvalue weighted by atomic mass is 10.1. The van der Waals surface area contributed by atoms with Gasteiger partial charge in [0.2, 0.25) is 0 Å². The third kappa shape index (κ3) is 4.79. The fourth-order valence-electron chi connectivity index (χ4n) is 1.82. The van der Waals surface area contributed by atoms with E-state index in [0.29, 0.717) is 36.5 Å². The number of rotatable bonds is 7. The minimum atomic E-state index is -0.441. The molecule has 0 unspecified atom stereocenters. The van der Waals surface area contributed by atoms with E-state index in [9.17, 15) is 14.9 Å². The number of nitro groups is 1. The van der Waals surface area contributed by atoms with Crippen LogP contribution in [0.3, 0.4) is 0 Å². The van der Waals surface area contributed by atoms with Crippen molar-refractivity contribution in [3.63, 3.8) is 0 Å². The van der Waals surface area contributed by atoms with Crippen LogP contribution >= 0.6 is 11.6 Å². The Morgan fingerprint density at radius 3 is 2.80 bits per heavy atom. The van der Waals surface area contributed by atoms with Gasteiger partial charge in [-0.15, -0.1) is 0 Å². The van der Waals surface area contributed by atoms with Gasteiger partial charge >= 0.3 is 5.97 Å². The Morgan fingerprint density at radius 1 is 1.50 bits per heavy atom. The van der Waals surface area contributed by atoms with Gasteiger partial charge in [-0.2, -0.15) is 0 Å². The van der Waals surface area contributed by atoms with E-state index in [1.807, 2.05) is 11.9 Å². The molecule has 0 aliphatic rings. The molecule has 0 N–H and O–H groups in total. The molecule has 0 amide bonds. The molecule has 20 heavy (non-hydrogen) atoms. The van der Waals surface area contributed by atoms with Crippen LogP contribution in [0.5, 0.6) is 0 Å². The van der Waals surface area contributed by atoms with E-state index in [2.05, 4.69) is 4.74 Å². The van der Waals surface area contributed by atoms with Crippen molar-refractivity contribution in [3.8, 4) is 0 Å². The number of methoxy groups -OCH3 is 1. The lowest BCUT2D eigenvalue weighted by molar-refractivity contribution is -0.385. The molecule has 0 saturated carbocycles. The molecule has 0 aliphatic carbocycles. The number of hydrogen-bond donors (Lipinski definition) is 0. The van der Waals surface area contributed by atoms with Gasteiger partial charge in [0.1, 0.15) is 0 Å². The summed E-state index contributed by atoms with van der Waals surface area (Å²) in [6.45, 7) is 0.981. The number of halogens is 1. The predicted molar refractivity (Wildman–Crippen MR) is 75.7 cm³/mol. The molecule has 110 valence electrons. The molecule has 0 radical (unpaired) electrons. The minimum absolute atomic E-state index is 0.0114. The van der Waals surface area contributed by atoms with E-state index in [-0.39, 0.29) is 11.7 Å². The molecule has 1 aromatic carbocycles. The number of benzene rings is 1. The van der Waals surface area contributed by atoms with Gasteiger partial charge in [-0.1, -0.05) is 17.7 Å². The third-order valence-electron chi connectivity index (χ3n) is 2.87. The molecular weight excluding hydrogens is 284 g/mol. The van der Waals surface area contributed by atoms with Crippen LogP contribution in [0.25, 0.3) is 0 Å². The molecule has 6 nitrogen and oxygen atoms in total. The number of ether oxygens (including phenoxy) is 1. The molecule has 0 aliphatic heterocycles. The summed E-state index contributed by atoms with van der Waals surface area (Å²) in [6.07, 6.45) is 0.951. The Bertz CT molecular complexity index is 493. The van der Waals surface area contributed by atoms with Crippen LogP contribution in [0.1, 0.15) is 18.4 Å². The monoisotopic (exact) mass is 300 g/mol. The first-order valence-electron chi connectivity index (χ1n) is 6.13. The third-order valence-corrected chi connectivity index (χ3v) is 3.22. The van der Waals surface area contributed by atoms with Gasteiger partial charge in [-0.3, -0.25) is 14.9 Å². The Balaban J connectivity index is 2.64. The first-order valence-corrected chi connectivity index (χ1v) is 6.50. The molecule has 7 heteroatoms. The lowest BCUT2D eigenvalue weighted by Crippen LogP contribution is -2.21. The average molecular weight is 301 g/mol. The Kier molecular flexibility index (Phi) is 6.41. The number of nitro benzene ring substituents is 1. The van der Waals surface area contributed by atoms with Crippen LogP contribution in [0.2, 0.25) is 5.02 Å². The van der Waals surface area contributed by atoms with Gasteiger partial charge in [0.15, 0.2) is 0 Å². The highest BCUT2D eigenvalue weighted by molar-refractivity contribution is 6.31. The molecule has 1 rings (SSSR count). The molecule has 0 spiro atoms. The quantitative estimate of drug-likeness (QED) is 0.440. The summed E-state index contributed by atoms with van der Waals surface area (Å²) < 4.78 is 4.55. The maximum atomic E-state index is 11.0. The highest BCUT2D eigenvalue weighted by Crippen LogP contribution is 2.27. The Labute approximate surface area is 122 Å². The number of carbonyl (C=O) groups excluding carboxylic acids is 1. The van der Waals surface area contributed by atoms with Crippen LogP contribution in [-0.2, 0) is 16.1 Å². The standard InChI is InChI=1S/C13H17ClN2O4/c1-15(8-4-7-13(17)20-2)9-10-11(14)5-3-6-12(10)16(18)19/h3,5-6H,4,7-9H2,1-2H3. The molecule has 0 atom stereocenters. The van der Waals surface area contributed by atoms with E-state index in [0.717, 1.165) is 0 Å². The zero-order valence-corrected chi connectivity index (χ0v) is 12.2. The number of hydrogen-bond acceptors (Lipinski definition) is 5. The van der Waals surface area contributed by atoms with Crippen LogP contribution in [0.15, 0.2) is 18.2 Å². The number of carbonyl (C=O) groups is 1. The van der Waals surface area contributed by atoms with Crippen molar-refractivity contribution in [3.05, 3.63) is 38.9 Å². The van der Waals surface area contributed by atoms with Crippen LogP contribution in [0, 0.1) is 10.1 Å². The summed E-state index contributed by atoms with van der Waals surface area (Å²) in [5.74, 6) is -0.262. The predicted octanol–water partition coefficient (Wildman–Crippen LogP) is 2.63. The molecule has 0 fully saturated rings. The summed E-state index contributed by atoms with van der Waals surface area (Å²) in [6, 6.07) is 4.62. The second-order valence-electron chi connectivity index (χ2n) is 4.41. The van der Waals surface area contributed by atoms with Crippen LogP contribution in [-0.4, -0.2) is 36.5 Å². The SMILES string of the molecule is COC(=O)CCCN(C)Cc1c(Cl)cccc1[N+](=O)[O-]. The van der Waals surface area contributed by atoms with Gasteiger partial charge in [-0.05, 0) is 26.1 Å². The first kappa shape index (κ1) is 16.4. The molecule has 0 bridgehead atoms. The summed E-state index contributed by atoms with van der Waals surface area (Å²) in [5, 5.41) is 11.3. The van der Waals surface area contributed by atoms with Crippen molar-refractivity contribution < 1.29 is 14.5 Å². The highest BCUT2D eigenvalue weighted by atomic mass is 35.5. The zero-order chi connectivity index (χ0) is 15.1. The van der Waals surface area contributed by atoms with Gasteiger partial charge in [-0.25, -0.2) is 0 Å². The largest absolute Gasteiger partial charge is 0.469 e. The van der Waals surface area contributed by atoms with Crippen molar-refractivity contribution >= 4 is 23.3 Å². The summed E-state index contributed by atoms with van der Waals surface area (Å²) in [5.41, 5.74) is 0.497. The molecule has 0 saturated heterocycles. The zero-order valence-electron chi connectivity index (χ0n) is 11.5. The normalized spacial score (nSPS) is 10.6. The molecular formula is C13H17ClN2O4. The van der Waals surface area contributed by atoms with Gasteiger partial charge in [0.25, 0.3) is 5.69 Å². The summed E-state index contributed by atoms with van der Waals surface area (Å²) in [4.78, 5) is 23.4. The topological polar surface area (TPSA) is 72.7 Å². The van der Waals surface area contributed by atoms with Crippen molar-refractivity contribution in [2.75, 3.05) is 20.7 Å². The maximum absolute atomic E-state index is 11.0. The molecule has 0 aromatic heterocycles. The maximum Gasteiger partial charge on any atom is 0.305 e. The van der Waals surface area contributed by atoms with Crippen LogP contribution < -0.4 is 0 Å². The Morgan fingerprint density at radius 2 is 2.20 bits per heavy atom. The summed E-state index contributed by atoms with van der Waals surface area (Å²) >= 11 is 6.02. The van der Waals surface area contributed by atoms with Crippen molar-refractivity contribution in [1.82, 2.24) is 4.90 Å². The second-order valence-corrected chi connectivity index (χ2v) is 4.82. The fraction of sp³-hybridized carbons (Fsp3) is 0.462. The molecule has 1 aromatic rings. The van der Waals surface area contributed by atoms with Crippen molar-refractivity contribution in [1.29, 1.82) is 0 Å². The van der Waals surface area contributed by atoms with E-state index in [1.54, 1.807) is 12.1 Å².